The van der Waals surface area contributed by atoms with E-state index < -0.39 is 40.8 Å². The number of halogens is 1. The van der Waals surface area contributed by atoms with E-state index in [1.807, 2.05) is 0 Å². The molecule has 0 bridgehead atoms. The molecule has 23 heavy (non-hydrogen) atoms. The maximum atomic E-state index is 14.0. The Morgan fingerprint density at radius 2 is 2.17 bits per heavy atom. The number of carbonyl (C=O) groups excluding carboxylic acids is 1. The number of hydrazine groups is 1. The molecule has 3 N–H and O–H groups in total. The summed E-state index contributed by atoms with van der Waals surface area (Å²) in [6.07, 6.45) is 0. The molecule has 2 rings (SSSR count). The molecule has 4 atom stereocenters. The van der Waals surface area contributed by atoms with Gasteiger partial charge in [-0.3, -0.25) is 14.9 Å². The van der Waals surface area contributed by atoms with Crippen LogP contribution in [-0.4, -0.2) is 36.1 Å². The number of amides is 1. The zero-order valence-electron chi connectivity index (χ0n) is 13.0. The van der Waals surface area contributed by atoms with Gasteiger partial charge in [0.1, 0.15) is 11.6 Å². The van der Waals surface area contributed by atoms with E-state index in [1.165, 1.54) is 19.2 Å². The Kier molecular flexibility index (Phi) is 5.12. The number of rotatable bonds is 5. The summed E-state index contributed by atoms with van der Waals surface area (Å²) in [6, 6.07) is 0.989. The molecule has 1 heterocycles. The normalized spacial score (nSPS) is 25.0. The lowest BCUT2D eigenvalue weighted by molar-refractivity contribution is -0.523. The first-order chi connectivity index (χ1) is 10.9. The largest absolute Gasteiger partial charge is 0.496 e. The monoisotopic (exact) mass is 326 g/mol. The molecule has 4 unspecified atom stereocenters. The van der Waals surface area contributed by atoms with Gasteiger partial charge in [0, 0.05) is 4.92 Å². The fourth-order valence-corrected chi connectivity index (χ4v) is 2.70. The number of benzene rings is 1. The Morgan fingerprint density at radius 3 is 2.78 bits per heavy atom. The zero-order valence-corrected chi connectivity index (χ0v) is 13.0. The molecule has 1 aromatic carbocycles. The molecule has 0 spiro atoms. The Hall–Kier alpha value is -2.26. The Balaban J connectivity index is 2.16. The van der Waals surface area contributed by atoms with Gasteiger partial charge in [-0.1, -0.05) is 6.07 Å². The number of hydrogen-bond donors (Lipinski definition) is 3. The molecule has 8 nitrogen and oxygen atoms in total. The minimum atomic E-state index is -1.11. The zero-order chi connectivity index (χ0) is 17.1. The van der Waals surface area contributed by atoms with Gasteiger partial charge >= 0.3 is 0 Å². The number of ether oxygens (including phenoxy) is 1. The predicted octanol–water partition coefficient (Wildman–Crippen LogP) is 0.522. The van der Waals surface area contributed by atoms with Gasteiger partial charge in [-0.25, -0.2) is 15.2 Å². The summed E-state index contributed by atoms with van der Waals surface area (Å²) in [5.74, 6) is -0.801. The van der Waals surface area contributed by atoms with E-state index in [1.54, 1.807) is 19.9 Å². The van der Waals surface area contributed by atoms with Gasteiger partial charge in [0.2, 0.25) is 5.91 Å². The van der Waals surface area contributed by atoms with E-state index in [-0.39, 0.29) is 5.56 Å². The van der Waals surface area contributed by atoms with Crippen molar-refractivity contribution in [3.05, 3.63) is 39.7 Å². The summed E-state index contributed by atoms with van der Waals surface area (Å²) < 4.78 is 19.1. The topological polar surface area (TPSA) is 106 Å². The number of carbonyl (C=O) groups is 1. The van der Waals surface area contributed by atoms with Crippen molar-refractivity contribution in [2.24, 2.45) is 0 Å². The quantitative estimate of drug-likeness (QED) is 0.538. The van der Waals surface area contributed by atoms with Crippen LogP contribution < -0.4 is 20.9 Å². The molecule has 0 aliphatic carbocycles. The third kappa shape index (κ3) is 3.40. The van der Waals surface area contributed by atoms with E-state index in [0.29, 0.717) is 5.75 Å². The van der Waals surface area contributed by atoms with Crippen LogP contribution in [0, 0.1) is 15.9 Å². The highest BCUT2D eigenvalue weighted by Gasteiger charge is 2.46. The molecule has 0 saturated carbocycles. The molecule has 9 heteroatoms. The first-order valence-corrected chi connectivity index (χ1v) is 7.14. The molecule has 1 aromatic rings. The molecule has 0 radical (unpaired) electrons. The van der Waals surface area contributed by atoms with Gasteiger partial charge in [-0.2, -0.15) is 0 Å². The minimum absolute atomic E-state index is 0.194. The average Bonchev–Trinajstić information content (AvgIpc) is 2.88. The van der Waals surface area contributed by atoms with E-state index in [9.17, 15) is 19.3 Å². The SMILES string of the molecule is COc1cccc(F)c1C(C)NC(=O)C1NNC(C)C1[N+](=O)[O-]. The minimum Gasteiger partial charge on any atom is -0.496 e. The lowest BCUT2D eigenvalue weighted by Crippen LogP contribution is -2.50. The number of nitro groups is 1. The molecular formula is C14H19FN4O4. The van der Waals surface area contributed by atoms with Gasteiger partial charge in [0.05, 0.1) is 24.8 Å². The van der Waals surface area contributed by atoms with Gasteiger partial charge in [0.25, 0.3) is 6.04 Å². The van der Waals surface area contributed by atoms with Crippen molar-refractivity contribution in [2.75, 3.05) is 7.11 Å². The van der Waals surface area contributed by atoms with Crippen LogP contribution in [0.5, 0.6) is 5.75 Å². The highest BCUT2D eigenvalue weighted by atomic mass is 19.1. The molecule has 1 fully saturated rings. The van der Waals surface area contributed by atoms with E-state index >= 15 is 0 Å². The second kappa shape index (κ2) is 6.88. The Labute approximate surface area is 132 Å². The molecular weight excluding hydrogens is 307 g/mol. The van der Waals surface area contributed by atoms with Crippen LogP contribution in [0.15, 0.2) is 18.2 Å². The van der Waals surface area contributed by atoms with Gasteiger partial charge < -0.3 is 10.1 Å². The molecule has 1 aliphatic heterocycles. The maximum absolute atomic E-state index is 14.0. The number of nitrogens with zero attached hydrogens (tertiary/aromatic N) is 1. The predicted molar refractivity (Wildman–Crippen MR) is 79.8 cm³/mol. The van der Waals surface area contributed by atoms with Crippen LogP contribution in [0.3, 0.4) is 0 Å². The van der Waals surface area contributed by atoms with E-state index in [2.05, 4.69) is 16.2 Å². The first-order valence-electron chi connectivity index (χ1n) is 7.14. The van der Waals surface area contributed by atoms with Crippen molar-refractivity contribution < 1.29 is 18.8 Å². The fourth-order valence-electron chi connectivity index (χ4n) is 2.70. The molecule has 0 aromatic heterocycles. The van der Waals surface area contributed by atoms with Crippen molar-refractivity contribution in [3.8, 4) is 5.75 Å². The van der Waals surface area contributed by atoms with Crippen molar-refractivity contribution in [2.45, 2.75) is 38.0 Å². The summed E-state index contributed by atoms with van der Waals surface area (Å²) in [6.45, 7) is 3.20. The Morgan fingerprint density at radius 1 is 1.48 bits per heavy atom. The van der Waals surface area contributed by atoms with Gasteiger partial charge in [-0.15, -0.1) is 0 Å². The fraction of sp³-hybridized carbons (Fsp3) is 0.500. The van der Waals surface area contributed by atoms with Crippen LogP contribution in [0.25, 0.3) is 0 Å². The summed E-state index contributed by atoms with van der Waals surface area (Å²) >= 11 is 0. The summed E-state index contributed by atoms with van der Waals surface area (Å²) in [4.78, 5) is 22.9. The van der Waals surface area contributed by atoms with Crippen molar-refractivity contribution in [1.82, 2.24) is 16.2 Å². The third-order valence-corrected chi connectivity index (χ3v) is 3.87. The maximum Gasteiger partial charge on any atom is 0.254 e. The summed E-state index contributed by atoms with van der Waals surface area (Å²) in [5.41, 5.74) is 5.48. The number of nitrogens with one attached hydrogen (secondary N) is 3. The van der Waals surface area contributed by atoms with Gasteiger partial charge in [0.15, 0.2) is 6.04 Å². The lowest BCUT2D eigenvalue weighted by atomic mass is 10.0. The Bertz CT molecular complexity index is 612. The smallest absolute Gasteiger partial charge is 0.254 e. The second-order valence-electron chi connectivity index (χ2n) is 5.42. The first kappa shape index (κ1) is 17.1. The second-order valence-corrected chi connectivity index (χ2v) is 5.42. The van der Waals surface area contributed by atoms with E-state index in [0.717, 1.165) is 0 Å². The van der Waals surface area contributed by atoms with Crippen molar-refractivity contribution in [3.63, 3.8) is 0 Å². The molecule has 1 aliphatic rings. The lowest BCUT2D eigenvalue weighted by Gasteiger charge is -2.20. The summed E-state index contributed by atoms with van der Waals surface area (Å²) in [5, 5.41) is 13.7. The molecule has 126 valence electrons. The van der Waals surface area contributed by atoms with Crippen LogP contribution >= 0.6 is 0 Å². The van der Waals surface area contributed by atoms with Crippen molar-refractivity contribution >= 4 is 5.91 Å². The average molecular weight is 326 g/mol. The standard InChI is InChI=1S/C14H19FN4O4/c1-7(11-9(15)5-4-6-10(11)23-3)16-14(20)12-13(19(21)22)8(2)17-18-12/h4-8,12-13,17-18H,1-3H3,(H,16,20). The van der Waals surface area contributed by atoms with Crippen LogP contribution in [0.4, 0.5) is 4.39 Å². The molecule has 1 amide bonds. The van der Waals surface area contributed by atoms with Crippen LogP contribution in [0.1, 0.15) is 25.5 Å². The summed E-state index contributed by atoms with van der Waals surface area (Å²) in [7, 11) is 1.40. The number of methoxy groups -OCH3 is 1. The van der Waals surface area contributed by atoms with Crippen LogP contribution in [-0.2, 0) is 4.79 Å². The number of hydrogen-bond acceptors (Lipinski definition) is 6. The van der Waals surface area contributed by atoms with Crippen molar-refractivity contribution in [1.29, 1.82) is 0 Å². The van der Waals surface area contributed by atoms with Crippen LogP contribution in [0.2, 0.25) is 0 Å². The van der Waals surface area contributed by atoms with Gasteiger partial charge in [-0.05, 0) is 26.0 Å². The third-order valence-electron chi connectivity index (χ3n) is 3.87. The highest BCUT2D eigenvalue weighted by molar-refractivity contribution is 5.83. The van der Waals surface area contributed by atoms with E-state index in [4.69, 9.17) is 4.74 Å². The molecule has 1 saturated heterocycles. The highest BCUT2D eigenvalue weighted by Crippen LogP contribution is 2.27.